The van der Waals surface area contributed by atoms with Gasteiger partial charge in [-0.15, -0.1) is 0 Å². The lowest BCUT2D eigenvalue weighted by molar-refractivity contribution is -0.115. The van der Waals surface area contributed by atoms with Gasteiger partial charge in [-0.05, 0) is 61.4 Å². The normalized spacial score (nSPS) is 10.4. The summed E-state index contributed by atoms with van der Waals surface area (Å²) < 4.78 is 5.56. The fourth-order valence-corrected chi connectivity index (χ4v) is 3.01. The van der Waals surface area contributed by atoms with Crippen molar-refractivity contribution in [2.24, 2.45) is 0 Å². The van der Waals surface area contributed by atoms with Crippen LogP contribution >= 0.6 is 0 Å². The summed E-state index contributed by atoms with van der Waals surface area (Å²) in [4.78, 5) is 18.9. The van der Waals surface area contributed by atoms with Crippen molar-refractivity contribution >= 4 is 17.3 Å². The van der Waals surface area contributed by atoms with Crippen molar-refractivity contribution in [2.45, 2.75) is 20.4 Å². The molecule has 0 bridgehead atoms. The van der Waals surface area contributed by atoms with Crippen LogP contribution < -0.4 is 15.0 Å². The van der Waals surface area contributed by atoms with E-state index in [1.807, 2.05) is 85.6 Å². The molecule has 1 N–H and O–H groups in total. The van der Waals surface area contributed by atoms with Crippen molar-refractivity contribution in [3.63, 3.8) is 0 Å². The summed E-state index contributed by atoms with van der Waals surface area (Å²) >= 11 is 0. The van der Waals surface area contributed by atoms with E-state index in [4.69, 9.17) is 4.74 Å². The summed E-state index contributed by atoms with van der Waals surface area (Å²) in [5.74, 6) is 0.763. The van der Waals surface area contributed by atoms with Gasteiger partial charge in [0.2, 0.25) is 5.91 Å². The third kappa shape index (κ3) is 5.33. The SMILES string of the molecule is CCOc1ccc(NC(=O)CN(Cc2cccnc2)c2ccccc2)cc1C. The first kappa shape index (κ1) is 19.4. The van der Waals surface area contributed by atoms with Gasteiger partial charge in [-0.3, -0.25) is 9.78 Å². The molecular weight excluding hydrogens is 350 g/mol. The van der Waals surface area contributed by atoms with Crippen molar-refractivity contribution in [1.29, 1.82) is 0 Å². The van der Waals surface area contributed by atoms with Crippen molar-refractivity contribution < 1.29 is 9.53 Å². The van der Waals surface area contributed by atoms with Gasteiger partial charge in [-0.25, -0.2) is 0 Å². The van der Waals surface area contributed by atoms with Crippen molar-refractivity contribution in [3.05, 3.63) is 84.2 Å². The molecule has 0 aliphatic heterocycles. The van der Waals surface area contributed by atoms with Gasteiger partial charge in [0.1, 0.15) is 5.75 Å². The number of amides is 1. The number of hydrogen-bond acceptors (Lipinski definition) is 4. The Morgan fingerprint density at radius 3 is 2.61 bits per heavy atom. The maximum Gasteiger partial charge on any atom is 0.243 e. The molecule has 0 saturated carbocycles. The third-order valence-electron chi connectivity index (χ3n) is 4.31. The molecule has 0 atom stereocenters. The van der Waals surface area contributed by atoms with Crippen LogP contribution in [0.4, 0.5) is 11.4 Å². The summed E-state index contributed by atoms with van der Waals surface area (Å²) in [6, 6.07) is 19.5. The number of aromatic nitrogens is 1. The predicted molar refractivity (Wildman–Crippen MR) is 113 cm³/mol. The topological polar surface area (TPSA) is 54.5 Å². The Balaban J connectivity index is 1.71. The van der Waals surface area contributed by atoms with E-state index in [1.165, 1.54) is 0 Å². The number of pyridine rings is 1. The van der Waals surface area contributed by atoms with E-state index in [9.17, 15) is 4.79 Å². The lowest BCUT2D eigenvalue weighted by Gasteiger charge is -2.24. The minimum atomic E-state index is -0.0729. The molecule has 0 saturated heterocycles. The van der Waals surface area contributed by atoms with Crippen LogP contribution in [0.3, 0.4) is 0 Å². The molecule has 0 aliphatic rings. The highest BCUT2D eigenvalue weighted by atomic mass is 16.5. The molecule has 0 fully saturated rings. The Bertz CT molecular complexity index is 898. The average Bonchev–Trinajstić information content (AvgIpc) is 2.71. The fraction of sp³-hybridized carbons (Fsp3) is 0.217. The lowest BCUT2D eigenvalue weighted by atomic mass is 10.2. The van der Waals surface area contributed by atoms with Crippen molar-refractivity contribution in [1.82, 2.24) is 4.98 Å². The number of aryl methyl sites for hydroxylation is 1. The highest BCUT2D eigenvalue weighted by Gasteiger charge is 2.13. The number of hydrogen-bond donors (Lipinski definition) is 1. The Morgan fingerprint density at radius 2 is 1.93 bits per heavy atom. The smallest absolute Gasteiger partial charge is 0.243 e. The lowest BCUT2D eigenvalue weighted by Crippen LogP contribution is -2.33. The van der Waals surface area contributed by atoms with Gasteiger partial charge in [-0.1, -0.05) is 24.3 Å². The van der Waals surface area contributed by atoms with Gasteiger partial charge in [0.15, 0.2) is 0 Å². The first-order chi connectivity index (χ1) is 13.7. The predicted octanol–water partition coefficient (Wildman–Crippen LogP) is 4.43. The van der Waals surface area contributed by atoms with Gasteiger partial charge < -0.3 is 15.0 Å². The zero-order valence-electron chi connectivity index (χ0n) is 16.3. The van der Waals surface area contributed by atoms with Crippen LogP contribution in [-0.4, -0.2) is 24.0 Å². The molecule has 1 heterocycles. The second-order valence-corrected chi connectivity index (χ2v) is 6.51. The van der Waals surface area contributed by atoms with Crippen LogP contribution in [0.2, 0.25) is 0 Å². The van der Waals surface area contributed by atoms with Crippen LogP contribution in [0.5, 0.6) is 5.75 Å². The summed E-state index contributed by atoms with van der Waals surface area (Å²) in [5.41, 5.74) is 3.80. The molecule has 2 aromatic carbocycles. The molecule has 0 unspecified atom stereocenters. The number of ether oxygens (including phenoxy) is 1. The van der Waals surface area contributed by atoms with E-state index in [1.54, 1.807) is 6.20 Å². The monoisotopic (exact) mass is 375 g/mol. The van der Waals surface area contributed by atoms with Gasteiger partial charge in [0, 0.05) is 30.3 Å². The van der Waals surface area contributed by atoms with E-state index in [0.29, 0.717) is 13.2 Å². The summed E-state index contributed by atoms with van der Waals surface area (Å²) in [6.45, 7) is 5.39. The maximum absolute atomic E-state index is 12.7. The molecule has 144 valence electrons. The molecule has 0 aliphatic carbocycles. The van der Waals surface area contributed by atoms with Crippen LogP contribution in [-0.2, 0) is 11.3 Å². The van der Waals surface area contributed by atoms with Crippen LogP contribution in [0.25, 0.3) is 0 Å². The zero-order chi connectivity index (χ0) is 19.8. The minimum Gasteiger partial charge on any atom is -0.494 e. The van der Waals surface area contributed by atoms with Crippen LogP contribution in [0.1, 0.15) is 18.1 Å². The van der Waals surface area contributed by atoms with E-state index < -0.39 is 0 Å². The number of carbonyl (C=O) groups is 1. The molecule has 1 amide bonds. The Morgan fingerprint density at radius 1 is 1.11 bits per heavy atom. The first-order valence-corrected chi connectivity index (χ1v) is 9.38. The van der Waals surface area contributed by atoms with Gasteiger partial charge in [-0.2, -0.15) is 0 Å². The van der Waals surface area contributed by atoms with E-state index in [2.05, 4.69) is 10.3 Å². The summed E-state index contributed by atoms with van der Waals surface area (Å²) in [7, 11) is 0. The highest BCUT2D eigenvalue weighted by molar-refractivity contribution is 5.94. The summed E-state index contributed by atoms with van der Waals surface area (Å²) in [5, 5.41) is 2.99. The van der Waals surface area contributed by atoms with Crippen molar-refractivity contribution in [2.75, 3.05) is 23.4 Å². The number of anilines is 2. The molecule has 1 aromatic heterocycles. The standard InChI is InChI=1S/C23H25N3O2/c1-3-28-22-12-11-20(14-18(22)2)25-23(27)17-26(21-9-5-4-6-10-21)16-19-8-7-13-24-15-19/h4-15H,3,16-17H2,1-2H3,(H,25,27). The largest absolute Gasteiger partial charge is 0.494 e. The number of nitrogens with zero attached hydrogens (tertiary/aromatic N) is 2. The molecule has 5 nitrogen and oxygen atoms in total. The number of nitrogens with one attached hydrogen (secondary N) is 1. The van der Waals surface area contributed by atoms with E-state index in [-0.39, 0.29) is 12.5 Å². The zero-order valence-corrected chi connectivity index (χ0v) is 16.3. The number of carbonyl (C=O) groups excluding carboxylic acids is 1. The number of benzene rings is 2. The fourth-order valence-electron chi connectivity index (χ4n) is 3.01. The van der Waals surface area contributed by atoms with Crippen molar-refractivity contribution in [3.8, 4) is 5.75 Å². The molecule has 3 rings (SSSR count). The molecular formula is C23H25N3O2. The average molecular weight is 375 g/mol. The molecule has 0 radical (unpaired) electrons. The van der Waals surface area contributed by atoms with E-state index in [0.717, 1.165) is 28.3 Å². The Hall–Kier alpha value is -3.34. The molecule has 3 aromatic rings. The maximum atomic E-state index is 12.7. The Labute approximate surface area is 166 Å². The first-order valence-electron chi connectivity index (χ1n) is 9.38. The number of para-hydroxylation sites is 1. The van der Waals surface area contributed by atoms with Gasteiger partial charge in [0.05, 0.1) is 13.2 Å². The second kappa shape index (κ2) is 9.55. The molecule has 0 spiro atoms. The number of rotatable bonds is 8. The summed E-state index contributed by atoms with van der Waals surface area (Å²) in [6.07, 6.45) is 3.57. The quantitative estimate of drug-likeness (QED) is 0.633. The van der Waals surface area contributed by atoms with Gasteiger partial charge >= 0.3 is 0 Å². The van der Waals surface area contributed by atoms with Crippen LogP contribution in [0.15, 0.2) is 73.1 Å². The van der Waals surface area contributed by atoms with Gasteiger partial charge in [0.25, 0.3) is 0 Å². The third-order valence-corrected chi connectivity index (χ3v) is 4.31. The Kier molecular flexibility index (Phi) is 6.63. The molecule has 5 heteroatoms. The van der Waals surface area contributed by atoms with E-state index >= 15 is 0 Å². The molecule has 28 heavy (non-hydrogen) atoms. The van der Waals surface area contributed by atoms with Crippen LogP contribution in [0, 0.1) is 6.92 Å². The second-order valence-electron chi connectivity index (χ2n) is 6.51. The highest BCUT2D eigenvalue weighted by Crippen LogP contribution is 2.22. The minimum absolute atomic E-state index is 0.0729.